The summed E-state index contributed by atoms with van der Waals surface area (Å²) in [7, 11) is 0. The van der Waals surface area contributed by atoms with Crippen molar-refractivity contribution in [3.05, 3.63) is 80.8 Å². The third-order valence-corrected chi connectivity index (χ3v) is 4.89. The molecule has 1 heterocycles. The Morgan fingerprint density at radius 1 is 1.13 bits per heavy atom. The zero-order valence-corrected chi connectivity index (χ0v) is 17.0. The fourth-order valence-electron chi connectivity index (χ4n) is 2.22. The zero-order chi connectivity index (χ0) is 21.7. The smallest absolute Gasteiger partial charge is 0.416 e. The standard InChI is InChI=1S/C20H14ClF3N2O3S/c1-12(26-29-19(27)13-2-4-14(5-3-13)20(22,23)24)17-11-30-18(25-17)10-28-16-8-6-15(21)7-9-16/h2-9,11H,10H2,1H3. The van der Waals surface area contributed by atoms with E-state index in [4.69, 9.17) is 21.2 Å². The maximum atomic E-state index is 12.6. The summed E-state index contributed by atoms with van der Waals surface area (Å²) >= 11 is 7.17. The SMILES string of the molecule is CC(=NOC(=O)c1ccc(C(F)(F)F)cc1)c1csc(COc2ccc(Cl)cc2)n1. The number of nitrogens with zero attached hydrogens (tertiary/aromatic N) is 2. The van der Waals surface area contributed by atoms with Crippen LogP contribution in [0.4, 0.5) is 13.2 Å². The number of carbonyl (C=O) groups excluding carboxylic acids is 1. The minimum absolute atomic E-state index is 0.0464. The van der Waals surface area contributed by atoms with Gasteiger partial charge in [0.25, 0.3) is 0 Å². The van der Waals surface area contributed by atoms with E-state index in [-0.39, 0.29) is 12.2 Å². The minimum Gasteiger partial charge on any atom is -0.486 e. The summed E-state index contributed by atoms with van der Waals surface area (Å²) < 4.78 is 43.3. The molecule has 3 rings (SSSR count). The second-order valence-corrected chi connectivity index (χ2v) is 7.38. The number of alkyl halides is 3. The van der Waals surface area contributed by atoms with Crippen LogP contribution in [0.3, 0.4) is 0 Å². The van der Waals surface area contributed by atoms with Crippen LogP contribution in [0.5, 0.6) is 5.75 Å². The number of hydrogen-bond donors (Lipinski definition) is 0. The lowest BCUT2D eigenvalue weighted by atomic mass is 10.1. The van der Waals surface area contributed by atoms with Gasteiger partial charge in [0.1, 0.15) is 23.1 Å². The summed E-state index contributed by atoms with van der Waals surface area (Å²) in [6.07, 6.45) is -4.48. The van der Waals surface area contributed by atoms with Gasteiger partial charge in [-0.1, -0.05) is 16.8 Å². The van der Waals surface area contributed by atoms with Crippen LogP contribution in [0.2, 0.25) is 5.02 Å². The lowest BCUT2D eigenvalue weighted by Gasteiger charge is -2.06. The molecular formula is C20H14ClF3N2O3S. The predicted molar refractivity (Wildman–Crippen MR) is 107 cm³/mol. The first-order valence-corrected chi connectivity index (χ1v) is 9.74. The summed E-state index contributed by atoms with van der Waals surface area (Å²) in [5, 5.41) is 6.74. The Morgan fingerprint density at radius 3 is 2.43 bits per heavy atom. The first-order valence-electron chi connectivity index (χ1n) is 8.49. The van der Waals surface area contributed by atoms with Crippen molar-refractivity contribution in [2.75, 3.05) is 0 Å². The fourth-order valence-corrected chi connectivity index (χ4v) is 3.10. The first-order chi connectivity index (χ1) is 14.2. The Morgan fingerprint density at radius 2 is 1.80 bits per heavy atom. The molecule has 1 aromatic heterocycles. The molecule has 5 nitrogen and oxygen atoms in total. The van der Waals surface area contributed by atoms with Gasteiger partial charge in [-0.25, -0.2) is 9.78 Å². The van der Waals surface area contributed by atoms with Crippen molar-refractivity contribution < 1.29 is 27.5 Å². The van der Waals surface area contributed by atoms with Crippen LogP contribution in [0.15, 0.2) is 59.1 Å². The first kappa shape index (κ1) is 21.8. The summed E-state index contributed by atoms with van der Waals surface area (Å²) in [6, 6.07) is 10.6. The van der Waals surface area contributed by atoms with Crippen molar-refractivity contribution in [1.82, 2.24) is 4.98 Å². The van der Waals surface area contributed by atoms with Gasteiger partial charge in [0.05, 0.1) is 16.8 Å². The molecule has 0 aliphatic heterocycles. The third kappa shape index (κ3) is 5.80. The Hall–Kier alpha value is -2.91. The monoisotopic (exact) mass is 454 g/mol. The molecule has 0 saturated carbocycles. The van der Waals surface area contributed by atoms with Crippen molar-refractivity contribution in [2.24, 2.45) is 5.16 Å². The normalized spacial score (nSPS) is 12.0. The van der Waals surface area contributed by atoms with E-state index in [9.17, 15) is 18.0 Å². The van der Waals surface area contributed by atoms with Crippen molar-refractivity contribution in [1.29, 1.82) is 0 Å². The molecule has 0 bridgehead atoms. The van der Waals surface area contributed by atoms with E-state index in [1.807, 2.05) is 0 Å². The topological polar surface area (TPSA) is 60.8 Å². The average molecular weight is 455 g/mol. The highest BCUT2D eigenvalue weighted by molar-refractivity contribution is 7.09. The predicted octanol–water partition coefficient (Wildman–Crippen LogP) is 5.98. The van der Waals surface area contributed by atoms with Crippen LogP contribution in [0.25, 0.3) is 0 Å². The van der Waals surface area contributed by atoms with Gasteiger partial charge in [-0.05, 0) is 55.5 Å². The summed E-state index contributed by atoms with van der Waals surface area (Å²) in [6.45, 7) is 1.84. The van der Waals surface area contributed by atoms with Crippen molar-refractivity contribution >= 4 is 34.6 Å². The quantitative estimate of drug-likeness (QED) is 0.261. The number of aromatic nitrogens is 1. The van der Waals surface area contributed by atoms with Gasteiger partial charge >= 0.3 is 12.1 Å². The maximum absolute atomic E-state index is 12.6. The Labute approximate surface area is 178 Å². The number of rotatable bonds is 6. The number of carbonyl (C=O) groups is 1. The van der Waals surface area contributed by atoms with Crippen LogP contribution in [-0.2, 0) is 17.6 Å². The molecule has 0 spiro atoms. The molecule has 2 aromatic carbocycles. The van der Waals surface area contributed by atoms with E-state index >= 15 is 0 Å². The van der Waals surface area contributed by atoms with Gasteiger partial charge in [-0.3, -0.25) is 0 Å². The highest BCUT2D eigenvalue weighted by Crippen LogP contribution is 2.29. The number of hydrogen-bond acceptors (Lipinski definition) is 6. The van der Waals surface area contributed by atoms with Gasteiger partial charge in [0.2, 0.25) is 0 Å². The molecule has 30 heavy (non-hydrogen) atoms. The molecule has 10 heteroatoms. The molecule has 0 aliphatic carbocycles. The lowest BCUT2D eigenvalue weighted by molar-refractivity contribution is -0.137. The maximum Gasteiger partial charge on any atom is 0.416 e. The van der Waals surface area contributed by atoms with Crippen LogP contribution >= 0.6 is 22.9 Å². The number of ether oxygens (including phenoxy) is 1. The number of benzene rings is 2. The largest absolute Gasteiger partial charge is 0.486 e. The molecule has 0 fully saturated rings. The van der Waals surface area contributed by atoms with Gasteiger partial charge in [-0.2, -0.15) is 13.2 Å². The van der Waals surface area contributed by atoms with Crippen LogP contribution < -0.4 is 4.74 Å². The molecule has 0 atom stereocenters. The molecule has 156 valence electrons. The van der Waals surface area contributed by atoms with Crippen molar-refractivity contribution in [3.63, 3.8) is 0 Å². The molecular weight excluding hydrogens is 441 g/mol. The Balaban J connectivity index is 1.57. The zero-order valence-electron chi connectivity index (χ0n) is 15.4. The number of halogens is 4. The summed E-state index contributed by atoms with van der Waals surface area (Å²) in [5.74, 6) is -0.225. The lowest BCUT2D eigenvalue weighted by Crippen LogP contribution is -2.07. The molecule has 0 amide bonds. The van der Waals surface area contributed by atoms with E-state index in [2.05, 4.69) is 10.1 Å². The summed E-state index contributed by atoms with van der Waals surface area (Å²) in [5.41, 5.74) is -0.0661. The van der Waals surface area contributed by atoms with Crippen LogP contribution in [-0.4, -0.2) is 16.7 Å². The number of thiazole rings is 1. The molecule has 0 N–H and O–H groups in total. The highest BCUT2D eigenvalue weighted by atomic mass is 35.5. The second-order valence-electron chi connectivity index (χ2n) is 6.00. The van der Waals surface area contributed by atoms with Crippen molar-refractivity contribution in [2.45, 2.75) is 19.7 Å². The van der Waals surface area contributed by atoms with E-state index < -0.39 is 17.7 Å². The molecule has 0 radical (unpaired) electrons. The van der Waals surface area contributed by atoms with Gasteiger partial charge < -0.3 is 9.57 Å². The molecule has 3 aromatic rings. The fraction of sp³-hybridized carbons (Fsp3) is 0.150. The Kier molecular flexibility index (Phi) is 6.73. The molecule has 0 aliphatic rings. The van der Waals surface area contributed by atoms with Crippen molar-refractivity contribution in [3.8, 4) is 5.75 Å². The average Bonchev–Trinajstić information content (AvgIpc) is 3.20. The van der Waals surface area contributed by atoms with Gasteiger partial charge in [0.15, 0.2) is 0 Å². The van der Waals surface area contributed by atoms with E-state index in [0.717, 1.165) is 24.3 Å². The highest BCUT2D eigenvalue weighted by Gasteiger charge is 2.30. The molecule has 0 unspecified atom stereocenters. The second kappa shape index (κ2) is 9.27. The van der Waals surface area contributed by atoms with Gasteiger partial charge in [-0.15, -0.1) is 11.3 Å². The van der Waals surface area contributed by atoms with E-state index in [0.29, 0.717) is 27.2 Å². The third-order valence-electron chi connectivity index (χ3n) is 3.81. The van der Waals surface area contributed by atoms with Gasteiger partial charge in [0, 0.05) is 10.4 Å². The van der Waals surface area contributed by atoms with Crippen LogP contribution in [0.1, 0.15) is 33.5 Å². The Bertz CT molecular complexity index is 1050. The van der Waals surface area contributed by atoms with Crippen LogP contribution in [0, 0.1) is 0 Å². The van der Waals surface area contributed by atoms with E-state index in [1.54, 1.807) is 36.6 Å². The number of oxime groups is 1. The minimum atomic E-state index is -4.48. The summed E-state index contributed by atoms with van der Waals surface area (Å²) in [4.78, 5) is 21.1. The molecule has 0 saturated heterocycles. The van der Waals surface area contributed by atoms with E-state index in [1.165, 1.54) is 11.3 Å².